The van der Waals surface area contributed by atoms with Crippen LogP contribution in [0.25, 0.3) is 11.5 Å². The van der Waals surface area contributed by atoms with Gasteiger partial charge >= 0.3 is 0 Å². The van der Waals surface area contributed by atoms with Crippen LogP contribution in [0.1, 0.15) is 31.4 Å². The number of halogens is 1. The molecular weight excluding hydrogens is 282 g/mol. The molecule has 1 fully saturated rings. The minimum atomic E-state index is -0.627. The van der Waals surface area contributed by atoms with Crippen LogP contribution in [-0.2, 0) is 9.47 Å². The summed E-state index contributed by atoms with van der Waals surface area (Å²) < 4.78 is 16.8. The molecule has 0 amide bonds. The predicted octanol–water partition coefficient (Wildman–Crippen LogP) is 2.92. The van der Waals surface area contributed by atoms with E-state index in [0.29, 0.717) is 23.5 Å². The van der Waals surface area contributed by atoms with Gasteiger partial charge in [-0.25, -0.2) is 4.98 Å². The highest BCUT2D eigenvalue weighted by molar-refractivity contribution is 6.30. The largest absolute Gasteiger partial charge is 0.418 e. The standard InChI is InChI=1S/C13H14ClN3O3/c1-7-4-8(5-15-10(7)14)11-16-17-12(19-11)9-6-18-13(2,3)20-9/h4-5,9H,6H2,1-3H3. The Morgan fingerprint density at radius 2 is 2.15 bits per heavy atom. The Morgan fingerprint density at radius 3 is 2.80 bits per heavy atom. The van der Waals surface area contributed by atoms with Gasteiger partial charge in [-0.1, -0.05) is 11.6 Å². The molecule has 0 bridgehead atoms. The van der Waals surface area contributed by atoms with Gasteiger partial charge in [0.05, 0.1) is 12.2 Å². The fraction of sp³-hybridized carbons (Fsp3) is 0.462. The molecule has 0 aromatic carbocycles. The Hall–Kier alpha value is -1.50. The zero-order valence-corrected chi connectivity index (χ0v) is 12.1. The number of rotatable bonds is 2. The lowest BCUT2D eigenvalue weighted by Gasteiger charge is -2.15. The molecule has 0 aliphatic carbocycles. The second-order valence-electron chi connectivity index (χ2n) is 5.09. The van der Waals surface area contributed by atoms with Crippen molar-refractivity contribution in [2.45, 2.75) is 32.7 Å². The second kappa shape index (κ2) is 4.80. The zero-order valence-electron chi connectivity index (χ0n) is 11.4. The van der Waals surface area contributed by atoms with Gasteiger partial charge in [-0.3, -0.25) is 0 Å². The summed E-state index contributed by atoms with van der Waals surface area (Å²) in [4.78, 5) is 4.07. The van der Waals surface area contributed by atoms with E-state index in [2.05, 4.69) is 15.2 Å². The molecule has 3 heterocycles. The van der Waals surface area contributed by atoms with Gasteiger partial charge in [-0.2, -0.15) is 0 Å². The fourth-order valence-corrected chi connectivity index (χ4v) is 2.07. The summed E-state index contributed by atoms with van der Waals surface area (Å²) in [5.74, 6) is 0.163. The SMILES string of the molecule is Cc1cc(-c2nnc(C3COC(C)(C)O3)o2)cnc1Cl. The van der Waals surface area contributed by atoms with Crippen molar-refractivity contribution in [3.05, 3.63) is 28.9 Å². The van der Waals surface area contributed by atoms with E-state index < -0.39 is 5.79 Å². The summed E-state index contributed by atoms with van der Waals surface area (Å²) in [5.41, 5.74) is 1.58. The molecule has 106 valence electrons. The Morgan fingerprint density at radius 1 is 1.35 bits per heavy atom. The molecule has 2 aromatic heterocycles. The first-order valence-electron chi connectivity index (χ1n) is 6.22. The van der Waals surface area contributed by atoms with E-state index in [1.165, 1.54) is 0 Å². The predicted molar refractivity (Wildman–Crippen MR) is 71.1 cm³/mol. The fourth-order valence-electron chi connectivity index (χ4n) is 1.97. The number of aromatic nitrogens is 3. The van der Waals surface area contributed by atoms with Crippen molar-refractivity contribution in [1.29, 1.82) is 0 Å². The minimum absolute atomic E-state index is 0.340. The first-order valence-corrected chi connectivity index (χ1v) is 6.60. The van der Waals surface area contributed by atoms with Gasteiger partial charge in [0.2, 0.25) is 11.8 Å². The molecule has 6 nitrogen and oxygen atoms in total. The van der Waals surface area contributed by atoms with Crippen molar-refractivity contribution in [2.24, 2.45) is 0 Å². The first kappa shape index (κ1) is 13.5. The third-order valence-corrected chi connectivity index (χ3v) is 3.38. The van der Waals surface area contributed by atoms with E-state index in [9.17, 15) is 0 Å². The quantitative estimate of drug-likeness (QED) is 0.793. The summed E-state index contributed by atoms with van der Waals surface area (Å²) in [6.45, 7) is 5.95. The monoisotopic (exact) mass is 295 g/mol. The summed E-state index contributed by atoms with van der Waals surface area (Å²) in [7, 11) is 0. The molecule has 0 radical (unpaired) electrons. The number of pyridine rings is 1. The minimum Gasteiger partial charge on any atom is -0.418 e. The lowest BCUT2D eigenvalue weighted by Crippen LogP contribution is -2.19. The van der Waals surface area contributed by atoms with E-state index in [0.717, 1.165) is 11.1 Å². The third-order valence-electron chi connectivity index (χ3n) is 2.99. The van der Waals surface area contributed by atoms with E-state index in [1.807, 2.05) is 26.8 Å². The topological polar surface area (TPSA) is 70.3 Å². The maximum Gasteiger partial charge on any atom is 0.249 e. The highest BCUT2D eigenvalue weighted by Crippen LogP contribution is 2.33. The molecule has 20 heavy (non-hydrogen) atoms. The van der Waals surface area contributed by atoms with Crippen molar-refractivity contribution >= 4 is 11.6 Å². The molecule has 1 atom stereocenters. The molecule has 0 spiro atoms. The van der Waals surface area contributed by atoms with Gasteiger partial charge in [0.1, 0.15) is 5.15 Å². The van der Waals surface area contributed by atoms with Crippen LogP contribution in [0.4, 0.5) is 0 Å². The highest BCUT2D eigenvalue weighted by atomic mass is 35.5. The van der Waals surface area contributed by atoms with Crippen LogP contribution in [0.15, 0.2) is 16.7 Å². The van der Waals surface area contributed by atoms with Gasteiger partial charge < -0.3 is 13.9 Å². The second-order valence-corrected chi connectivity index (χ2v) is 5.45. The molecule has 0 N–H and O–H groups in total. The number of aryl methyl sites for hydroxylation is 1. The van der Waals surface area contributed by atoms with E-state index in [4.69, 9.17) is 25.5 Å². The first-order chi connectivity index (χ1) is 9.44. The van der Waals surface area contributed by atoms with Crippen LogP contribution in [0.2, 0.25) is 5.15 Å². The lowest BCUT2D eigenvalue weighted by atomic mass is 10.2. The average Bonchev–Trinajstić information content (AvgIpc) is 2.99. The van der Waals surface area contributed by atoms with Gasteiger partial charge in [0.15, 0.2) is 11.9 Å². The average molecular weight is 296 g/mol. The van der Waals surface area contributed by atoms with E-state index in [-0.39, 0.29) is 6.10 Å². The van der Waals surface area contributed by atoms with Crippen LogP contribution in [-0.4, -0.2) is 27.6 Å². The number of nitrogens with zero attached hydrogens (tertiary/aromatic N) is 3. The lowest BCUT2D eigenvalue weighted by molar-refractivity contribution is -0.141. The smallest absolute Gasteiger partial charge is 0.249 e. The van der Waals surface area contributed by atoms with Crippen LogP contribution in [0, 0.1) is 6.92 Å². The van der Waals surface area contributed by atoms with E-state index >= 15 is 0 Å². The summed E-state index contributed by atoms with van der Waals surface area (Å²) in [6, 6.07) is 1.85. The van der Waals surface area contributed by atoms with Gasteiger partial charge in [0.25, 0.3) is 0 Å². The summed E-state index contributed by atoms with van der Waals surface area (Å²) >= 11 is 5.89. The molecule has 3 rings (SSSR count). The Kier molecular flexibility index (Phi) is 3.24. The Balaban J connectivity index is 1.85. The van der Waals surface area contributed by atoms with Gasteiger partial charge in [-0.05, 0) is 32.4 Å². The molecule has 1 unspecified atom stereocenters. The molecular formula is C13H14ClN3O3. The number of hydrogen-bond acceptors (Lipinski definition) is 6. The number of hydrogen-bond donors (Lipinski definition) is 0. The summed E-state index contributed by atoms with van der Waals surface area (Å²) in [5, 5.41) is 8.48. The molecule has 1 aliphatic heterocycles. The Labute approximate surface area is 121 Å². The van der Waals surface area contributed by atoms with Crippen LogP contribution in [0.5, 0.6) is 0 Å². The molecule has 1 aliphatic rings. The number of ether oxygens (including phenoxy) is 2. The van der Waals surface area contributed by atoms with Crippen LogP contribution in [0.3, 0.4) is 0 Å². The summed E-state index contributed by atoms with van der Waals surface area (Å²) in [6.07, 6.45) is 1.26. The Bertz CT molecular complexity index is 642. The van der Waals surface area contributed by atoms with Crippen LogP contribution >= 0.6 is 11.6 Å². The van der Waals surface area contributed by atoms with Crippen molar-refractivity contribution in [3.8, 4) is 11.5 Å². The molecule has 1 saturated heterocycles. The van der Waals surface area contributed by atoms with Crippen molar-refractivity contribution in [3.63, 3.8) is 0 Å². The van der Waals surface area contributed by atoms with Gasteiger partial charge in [0, 0.05) is 6.20 Å². The normalized spacial score (nSPS) is 21.3. The van der Waals surface area contributed by atoms with E-state index in [1.54, 1.807) is 6.20 Å². The molecule has 0 saturated carbocycles. The van der Waals surface area contributed by atoms with Crippen LogP contribution < -0.4 is 0 Å². The zero-order chi connectivity index (χ0) is 14.3. The van der Waals surface area contributed by atoms with Crippen molar-refractivity contribution in [2.75, 3.05) is 6.61 Å². The van der Waals surface area contributed by atoms with Crippen molar-refractivity contribution < 1.29 is 13.9 Å². The van der Waals surface area contributed by atoms with Crippen molar-refractivity contribution in [1.82, 2.24) is 15.2 Å². The molecule has 2 aromatic rings. The maximum absolute atomic E-state index is 5.89. The molecule has 7 heteroatoms. The highest BCUT2D eigenvalue weighted by Gasteiger charge is 2.36. The van der Waals surface area contributed by atoms with Gasteiger partial charge in [-0.15, -0.1) is 10.2 Å². The third kappa shape index (κ3) is 2.54. The maximum atomic E-state index is 5.89.